The van der Waals surface area contributed by atoms with E-state index in [4.69, 9.17) is 16.0 Å². The first kappa shape index (κ1) is 22.4. The van der Waals surface area contributed by atoms with Crippen molar-refractivity contribution in [1.82, 2.24) is 14.4 Å². The highest BCUT2D eigenvalue weighted by atomic mass is 35.5. The number of fused-ring (bicyclic) bond motifs is 1. The molecule has 8 nitrogen and oxygen atoms in total. The number of oxazole rings is 1. The Morgan fingerprint density at radius 1 is 1.16 bits per heavy atom. The van der Waals surface area contributed by atoms with Gasteiger partial charge in [-0.05, 0) is 49.8 Å². The van der Waals surface area contributed by atoms with Crippen molar-refractivity contribution < 1.29 is 14.3 Å². The van der Waals surface area contributed by atoms with Crippen molar-refractivity contribution >= 4 is 34.5 Å². The molecule has 170 valence electrons. The summed E-state index contributed by atoms with van der Waals surface area (Å²) in [5.74, 6) is -0.477. The summed E-state index contributed by atoms with van der Waals surface area (Å²) < 4.78 is 6.81. The molecular weight excluding hydrogens is 432 g/mol. The molecule has 1 aromatic heterocycles. The minimum atomic E-state index is -0.985. The van der Waals surface area contributed by atoms with Crippen LogP contribution in [-0.2, 0) is 6.54 Å². The summed E-state index contributed by atoms with van der Waals surface area (Å²) in [6, 6.07) is 12.3. The number of anilines is 1. The SMILES string of the molecule is CN1CCN(CCCN(C(=O)O)c2cccc(Cn3c(=O)oc4cc(Cl)ccc43)c2)CC1. The number of rotatable bonds is 7. The topological polar surface area (TPSA) is 82.2 Å². The van der Waals surface area contributed by atoms with Crippen LogP contribution in [0.15, 0.2) is 51.7 Å². The summed E-state index contributed by atoms with van der Waals surface area (Å²) in [6.45, 7) is 5.66. The van der Waals surface area contributed by atoms with E-state index in [0.29, 0.717) is 28.4 Å². The highest BCUT2D eigenvalue weighted by Gasteiger charge is 2.18. The molecule has 1 aliphatic heterocycles. The van der Waals surface area contributed by atoms with Gasteiger partial charge >= 0.3 is 11.8 Å². The van der Waals surface area contributed by atoms with Crippen molar-refractivity contribution in [3.8, 4) is 0 Å². The lowest BCUT2D eigenvalue weighted by atomic mass is 10.1. The van der Waals surface area contributed by atoms with E-state index in [2.05, 4.69) is 16.8 Å². The van der Waals surface area contributed by atoms with Crippen molar-refractivity contribution in [2.45, 2.75) is 13.0 Å². The Bertz CT molecular complexity index is 1150. The zero-order chi connectivity index (χ0) is 22.7. The van der Waals surface area contributed by atoms with E-state index in [9.17, 15) is 14.7 Å². The predicted molar refractivity (Wildman–Crippen MR) is 125 cm³/mol. The molecule has 1 aliphatic rings. The van der Waals surface area contributed by atoms with Gasteiger partial charge < -0.3 is 19.3 Å². The number of carbonyl (C=O) groups is 1. The number of carboxylic acid groups (broad SMARTS) is 1. The predicted octanol–water partition coefficient (Wildman–Crippen LogP) is 3.42. The first-order valence-electron chi connectivity index (χ1n) is 10.7. The fraction of sp³-hybridized carbons (Fsp3) is 0.391. The van der Waals surface area contributed by atoms with Crippen LogP contribution in [0.25, 0.3) is 11.1 Å². The number of halogens is 1. The van der Waals surface area contributed by atoms with E-state index in [1.165, 1.54) is 9.47 Å². The minimum Gasteiger partial charge on any atom is -0.465 e. The Kier molecular flexibility index (Phi) is 6.83. The van der Waals surface area contributed by atoms with Crippen molar-refractivity contribution in [2.24, 2.45) is 0 Å². The minimum absolute atomic E-state index is 0.274. The maximum absolute atomic E-state index is 12.3. The summed E-state index contributed by atoms with van der Waals surface area (Å²) in [4.78, 5) is 30.3. The number of hydrogen-bond donors (Lipinski definition) is 1. The molecule has 2 heterocycles. The Labute approximate surface area is 191 Å². The number of piperazine rings is 1. The van der Waals surface area contributed by atoms with Crippen LogP contribution in [0.3, 0.4) is 0 Å². The van der Waals surface area contributed by atoms with Crippen LogP contribution < -0.4 is 10.7 Å². The van der Waals surface area contributed by atoms with Gasteiger partial charge in [0, 0.05) is 49.5 Å². The van der Waals surface area contributed by atoms with Crippen LogP contribution in [0, 0.1) is 0 Å². The first-order chi connectivity index (χ1) is 15.4. The van der Waals surface area contributed by atoms with Crippen LogP contribution in [0.5, 0.6) is 0 Å². The fourth-order valence-electron chi connectivity index (χ4n) is 4.05. The van der Waals surface area contributed by atoms with E-state index in [0.717, 1.165) is 44.7 Å². The van der Waals surface area contributed by atoms with Gasteiger partial charge in [-0.1, -0.05) is 23.7 Å². The third-order valence-electron chi connectivity index (χ3n) is 5.88. The zero-order valence-electron chi connectivity index (χ0n) is 18.0. The Morgan fingerprint density at radius 2 is 1.94 bits per heavy atom. The van der Waals surface area contributed by atoms with Crippen LogP contribution in [-0.4, -0.2) is 71.9 Å². The molecule has 32 heavy (non-hydrogen) atoms. The number of amides is 1. The maximum Gasteiger partial charge on any atom is 0.420 e. The number of benzene rings is 2. The molecule has 0 bridgehead atoms. The van der Waals surface area contributed by atoms with Crippen molar-refractivity contribution in [1.29, 1.82) is 0 Å². The largest absolute Gasteiger partial charge is 0.465 e. The Balaban J connectivity index is 1.46. The zero-order valence-corrected chi connectivity index (χ0v) is 18.8. The summed E-state index contributed by atoms with van der Waals surface area (Å²) in [7, 11) is 2.12. The Hall–Kier alpha value is -2.81. The standard InChI is InChI=1S/C23H27ClN4O4/c1-25-10-12-26(13-11-25)8-3-9-27(22(29)30)19-5-2-4-17(14-19)16-28-20-7-6-18(24)15-21(20)32-23(28)31/h2,4-7,14-15H,3,8-13,16H2,1H3,(H,29,30). The van der Waals surface area contributed by atoms with Crippen LogP contribution in [0.1, 0.15) is 12.0 Å². The fourth-order valence-corrected chi connectivity index (χ4v) is 4.22. The van der Waals surface area contributed by atoms with Gasteiger partial charge in [-0.2, -0.15) is 0 Å². The molecule has 1 saturated heterocycles. The maximum atomic E-state index is 12.3. The smallest absolute Gasteiger partial charge is 0.420 e. The van der Waals surface area contributed by atoms with Gasteiger partial charge in [-0.3, -0.25) is 9.47 Å². The van der Waals surface area contributed by atoms with Gasteiger partial charge in [0.25, 0.3) is 0 Å². The van der Waals surface area contributed by atoms with Gasteiger partial charge in [0.05, 0.1) is 12.1 Å². The number of likely N-dealkylation sites (N-methyl/N-ethyl adjacent to an activating group) is 1. The van der Waals surface area contributed by atoms with Gasteiger partial charge in [-0.25, -0.2) is 9.59 Å². The quantitative estimate of drug-likeness (QED) is 0.584. The number of aromatic nitrogens is 1. The molecule has 0 spiro atoms. The average Bonchev–Trinajstić information content (AvgIpc) is 3.06. The van der Waals surface area contributed by atoms with Crippen LogP contribution in [0.2, 0.25) is 5.02 Å². The molecule has 4 rings (SSSR count). The van der Waals surface area contributed by atoms with Gasteiger partial charge in [0.1, 0.15) is 0 Å². The first-order valence-corrected chi connectivity index (χ1v) is 11.1. The number of nitrogens with zero attached hydrogens (tertiary/aromatic N) is 4. The van der Waals surface area contributed by atoms with Gasteiger partial charge in [0.15, 0.2) is 5.58 Å². The molecule has 1 N–H and O–H groups in total. The summed E-state index contributed by atoms with van der Waals surface area (Å²) in [5.41, 5.74) is 2.48. The second kappa shape index (κ2) is 9.77. The molecule has 0 unspecified atom stereocenters. The molecule has 0 saturated carbocycles. The second-order valence-corrected chi connectivity index (χ2v) is 8.61. The van der Waals surface area contributed by atoms with E-state index < -0.39 is 11.8 Å². The third kappa shape index (κ3) is 5.15. The number of hydrogen-bond acceptors (Lipinski definition) is 5. The van der Waals surface area contributed by atoms with Gasteiger partial charge in [0.2, 0.25) is 0 Å². The monoisotopic (exact) mass is 458 g/mol. The second-order valence-electron chi connectivity index (χ2n) is 8.17. The highest BCUT2D eigenvalue weighted by Crippen LogP contribution is 2.21. The normalized spacial score (nSPS) is 15.3. The lowest BCUT2D eigenvalue weighted by Gasteiger charge is -2.32. The van der Waals surface area contributed by atoms with Crippen molar-refractivity contribution in [2.75, 3.05) is 51.2 Å². The molecule has 1 fully saturated rings. The molecule has 0 radical (unpaired) electrons. The molecular formula is C23H27ClN4O4. The summed E-state index contributed by atoms with van der Waals surface area (Å²) >= 11 is 5.99. The molecule has 3 aromatic rings. The van der Waals surface area contributed by atoms with E-state index >= 15 is 0 Å². The van der Waals surface area contributed by atoms with Crippen LogP contribution in [0.4, 0.5) is 10.5 Å². The van der Waals surface area contributed by atoms with E-state index in [1.807, 2.05) is 18.2 Å². The lowest BCUT2D eigenvalue weighted by Crippen LogP contribution is -2.45. The highest BCUT2D eigenvalue weighted by molar-refractivity contribution is 6.31. The molecule has 0 atom stereocenters. The summed E-state index contributed by atoms with van der Waals surface area (Å²) in [5, 5.41) is 10.3. The van der Waals surface area contributed by atoms with Gasteiger partial charge in [-0.15, -0.1) is 0 Å². The van der Waals surface area contributed by atoms with E-state index in [1.54, 1.807) is 24.3 Å². The Morgan fingerprint density at radius 3 is 2.69 bits per heavy atom. The molecule has 1 amide bonds. The lowest BCUT2D eigenvalue weighted by molar-refractivity contribution is 0.153. The summed E-state index contributed by atoms with van der Waals surface area (Å²) in [6.07, 6.45) is -0.228. The molecule has 9 heteroatoms. The van der Waals surface area contributed by atoms with Crippen molar-refractivity contribution in [3.63, 3.8) is 0 Å². The van der Waals surface area contributed by atoms with E-state index in [-0.39, 0.29) is 6.54 Å². The molecule has 2 aromatic carbocycles. The third-order valence-corrected chi connectivity index (χ3v) is 6.11. The molecule has 0 aliphatic carbocycles. The van der Waals surface area contributed by atoms with Crippen molar-refractivity contribution in [3.05, 3.63) is 63.6 Å². The van der Waals surface area contributed by atoms with Crippen LogP contribution >= 0.6 is 11.6 Å². The average molecular weight is 459 g/mol.